The van der Waals surface area contributed by atoms with Crippen LogP contribution in [0, 0.1) is 0 Å². The minimum atomic E-state index is 0. The maximum absolute atomic E-state index is 5.16. The average molecular weight is 230 g/mol. The molecule has 0 aliphatic carbocycles. The van der Waals surface area contributed by atoms with E-state index in [0.29, 0.717) is 0 Å². The summed E-state index contributed by atoms with van der Waals surface area (Å²) < 4.78 is 5.16. The number of nitrogens with one attached hydrogen (secondary N) is 1. The first-order valence-electron chi connectivity index (χ1n) is 4.89. The highest BCUT2D eigenvalue weighted by Gasteiger charge is 2.08. The Bertz CT molecular complexity index is 294. The van der Waals surface area contributed by atoms with Crippen LogP contribution in [0.1, 0.15) is 26.3 Å². The number of methoxy groups -OCH3 is 1. The Hall–Kier alpha value is -0.730. The lowest BCUT2D eigenvalue weighted by molar-refractivity contribution is 0.409. The molecule has 3 heteroatoms. The minimum absolute atomic E-state index is 0. The van der Waals surface area contributed by atoms with Crippen LogP contribution < -0.4 is 10.1 Å². The molecular weight excluding hydrogens is 210 g/mol. The van der Waals surface area contributed by atoms with E-state index < -0.39 is 0 Å². The molecule has 15 heavy (non-hydrogen) atoms. The van der Waals surface area contributed by atoms with Gasteiger partial charge in [-0.15, -0.1) is 12.4 Å². The summed E-state index contributed by atoms with van der Waals surface area (Å²) in [4.78, 5) is 0. The van der Waals surface area contributed by atoms with Gasteiger partial charge in [-0.2, -0.15) is 0 Å². The molecule has 0 heterocycles. The topological polar surface area (TPSA) is 21.3 Å². The molecule has 1 aromatic rings. The van der Waals surface area contributed by atoms with E-state index in [1.807, 2.05) is 12.1 Å². The molecule has 2 nitrogen and oxygen atoms in total. The maximum Gasteiger partial charge on any atom is 0.119 e. The third-order valence-electron chi connectivity index (χ3n) is 1.96. The lowest BCUT2D eigenvalue weighted by atomic mass is 10.1. The lowest BCUT2D eigenvalue weighted by Gasteiger charge is -2.20. The Labute approximate surface area is 98.4 Å². The number of ether oxygens (including phenoxy) is 1. The van der Waals surface area contributed by atoms with Crippen LogP contribution in [0.2, 0.25) is 0 Å². The fourth-order valence-corrected chi connectivity index (χ4v) is 1.15. The first-order valence-corrected chi connectivity index (χ1v) is 4.89. The van der Waals surface area contributed by atoms with Crippen LogP contribution in [0.5, 0.6) is 5.75 Å². The Balaban J connectivity index is 0.00000196. The molecule has 0 amide bonds. The highest BCUT2D eigenvalue weighted by molar-refractivity contribution is 5.85. The predicted molar refractivity (Wildman–Crippen MR) is 66.8 cm³/mol. The van der Waals surface area contributed by atoms with Gasteiger partial charge in [-0.3, -0.25) is 0 Å². The summed E-state index contributed by atoms with van der Waals surface area (Å²) in [6, 6.07) is 8.12. The second-order valence-corrected chi connectivity index (χ2v) is 4.46. The van der Waals surface area contributed by atoms with Gasteiger partial charge in [0, 0.05) is 12.1 Å². The Morgan fingerprint density at radius 3 is 2.47 bits per heavy atom. The zero-order valence-corrected chi connectivity index (χ0v) is 10.6. The predicted octanol–water partition coefficient (Wildman–Crippen LogP) is 3.01. The molecule has 1 rings (SSSR count). The lowest BCUT2D eigenvalue weighted by Crippen LogP contribution is -2.35. The molecule has 0 aliphatic rings. The van der Waals surface area contributed by atoms with Crippen molar-refractivity contribution in [2.24, 2.45) is 0 Å². The first-order chi connectivity index (χ1) is 6.51. The molecular formula is C12H20ClNO. The molecule has 0 atom stereocenters. The van der Waals surface area contributed by atoms with Crippen molar-refractivity contribution in [2.45, 2.75) is 32.9 Å². The van der Waals surface area contributed by atoms with E-state index in [1.165, 1.54) is 5.56 Å². The molecule has 0 aliphatic heterocycles. The van der Waals surface area contributed by atoms with E-state index in [4.69, 9.17) is 4.74 Å². The molecule has 0 aromatic heterocycles. The van der Waals surface area contributed by atoms with Crippen LogP contribution in [0.25, 0.3) is 0 Å². The van der Waals surface area contributed by atoms with Crippen LogP contribution in [0.4, 0.5) is 0 Å². The van der Waals surface area contributed by atoms with Gasteiger partial charge < -0.3 is 10.1 Å². The van der Waals surface area contributed by atoms with Crippen LogP contribution in [0.3, 0.4) is 0 Å². The normalized spacial score (nSPS) is 10.7. The Kier molecular flexibility index (Phi) is 5.69. The van der Waals surface area contributed by atoms with Crippen molar-refractivity contribution >= 4 is 12.4 Å². The van der Waals surface area contributed by atoms with E-state index in [1.54, 1.807) is 7.11 Å². The first kappa shape index (κ1) is 14.3. The summed E-state index contributed by atoms with van der Waals surface area (Å²) in [5.41, 5.74) is 1.41. The molecule has 0 spiro atoms. The SMILES string of the molecule is COc1cccc(CNC(C)(C)C)c1.Cl. The maximum atomic E-state index is 5.16. The van der Waals surface area contributed by atoms with Crippen LogP contribution in [-0.2, 0) is 6.54 Å². The molecule has 0 fully saturated rings. The van der Waals surface area contributed by atoms with Gasteiger partial charge in [0.15, 0.2) is 0 Å². The fraction of sp³-hybridized carbons (Fsp3) is 0.500. The second-order valence-electron chi connectivity index (χ2n) is 4.46. The summed E-state index contributed by atoms with van der Waals surface area (Å²) in [5.74, 6) is 0.915. The molecule has 0 unspecified atom stereocenters. The number of benzene rings is 1. The average Bonchev–Trinajstić information content (AvgIpc) is 2.14. The molecule has 0 saturated heterocycles. The summed E-state index contributed by atoms with van der Waals surface area (Å²) in [5, 5.41) is 3.43. The van der Waals surface area contributed by atoms with Crippen molar-refractivity contribution in [1.29, 1.82) is 0 Å². The van der Waals surface area contributed by atoms with Crippen LogP contribution in [0.15, 0.2) is 24.3 Å². The minimum Gasteiger partial charge on any atom is -0.497 e. The summed E-state index contributed by atoms with van der Waals surface area (Å²) in [6.45, 7) is 7.36. The van der Waals surface area contributed by atoms with Gasteiger partial charge in [0.1, 0.15) is 5.75 Å². The zero-order chi connectivity index (χ0) is 10.6. The standard InChI is InChI=1S/C12H19NO.ClH/c1-12(2,3)13-9-10-6-5-7-11(8-10)14-4;/h5-8,13H,9H2,1-4H3;1H. The summed E-state index contributed by atoms with van der Waals surface area (Å²) in [7, 11) is 1.69. The van der Waals surface area contributed by atoms with Crippen LogP contribution >= 0.6 is 12.4 Å². The van der Waals surface area contributed by atoms with Gasteiger partial charge >= 0.3 is 0 Å². The molecule has 1 aromatic carbocycles. The van der Waals surface area contributed by atoms with E-state index in [2.05, 4.69) is 38.2 Å². The number of hydrogen-bond donors (Lipinski definition) is 1. The number of hydrogen-bond acceptors (Lipinski definition) is 2. The highest BCUT2D eigenvalue weighted by Crippen LogP contribution is 2.13. The van der Waals surface area contributed by atoms with Gasteiger partial charge in [0.05, 0.1) is 7.11 Å². The van der Waals surface area contributed by atoms with Gasteiger partial charge in [0.2, 0.25) is 0 Å². The van der Waals surface area contributed by atoms with Gasteiger partial charge in [0.25, 0.3) is 0 Å². The van der Waals surface area contributed by atoms with Crippen LogP contribution in [-0.4, -0.2) is 12.6 Å². The van der Waals surface area contributed by atoms with Crippen molar-refractivity contribution in [2.75, 3.05) is 7.11 Å². The van der Waals surface area contributed by atoms with E-state index >= 15 is 0 Å². The molecule has 0 radical (unpaired) electrons. The number of rotatable bonds is 3. The molecule has 86 valence electrons. The summed E-state index contributed by atoms with van der Waals surface area (Å²) in [6.07, 6.45) is 0. The molecule has 0 saturated carbocycles. The smallest absolute Gasteiger partial charge is 0.119 e. The monoisotopic (exact) mass is 229 g/mol. The zero-order valence-electron chi connectivity index (χ0n) is 9.83. The van der Waals surface area contributed by atoms with Gasteiger partial charge in [-0.05, 0) is 38.5 Å². The van der Waals surface area contributed by atoms with E-state index in [9.17, 15) is 0 Å². The van der Waals surface area contributed by atoms with E-state index in [-0.39, 0.29) is 17.9 Å². The molecule has 0 bridgehead atoms. The third-order valence-corrected chi connectivity index (χ3v) is 1.96. The molecule has 1 N–H and O–H groups in total. The number of halogens is 1. The van der Waals surface area contributed by atoms with E-state index in [0.717, 1.165) is 12.3 Å². The van der Waals surface area contributed by atoms with Crippen molar-refractivity contribution in [3.63, 3.8) is 0 Å². The van der Waals surface area contributed by atoms with Crippen molar-refractivity contribution in [3.8, 4) is 5.75 Å². The largest absolute Gasteiger partial charge is 0.497 e. The highest BCUT2D eigenvalue weighted by atomic mass is 35.5. The summed E-state index contributed by atoms with van der Waals surface area (Å²) >= 11 is 0. The van der Waals surface area contributed by atoms with Crippen molar-refractivity contribution in [1.82, 2.24) is 5.32 Å². The Morgan fingerprint density at radius 1 is 1.27 bits per heavy atom. The van der Waals surface area contributed by atoms with Gasteiger partial charge in [-0.1, -0.05) is 12.1 Å². The van der Waals surface area contributed by atoms with Crippen molar-refractivity contribution in [3.05, 3.63) is 29.8 Å². The van der Waals surface area contributed by atoms with Gasteiger partial charge in [-0.25, -0.2) is 0 Å². The third kappa shape index (κ3) is 5.65. The fourth-order valence-electron chi connectivity index (χ4n) is 1.15. The second kappa shape index (κ2) is 5.99. The quantitative estimate of drug-likeness (QED) is 0.861. The Morgan fingerprint density at radius 2 is 1.93 bits per heavy atom. The van der Waals surface area contributed by atoms with Crippen molar-refractivity contribution < 1.29 is 4.74 Å².